The number of nitrogens with zero attached hydrogens (tertiary/aromatic N) is 4. The molecule has 0 bridgehead atoms. The van der Waals surface area contributed by atoms with Gasteiger partial charge in [-0.25, -0.2) is 4.68 Å². The molecule has 6 nitrogen and oxygen atoms in total. The molecule has 0 saturated carbocycles. The average Bonchev–Trinajstić information content (AvgIpc) is 2.64. The van der Waals surface area contributed by atoms with Crippen LogP contribution in [0.5, 0.6) is 0 Å². The molecule has 0 aromatic carbocycles. The quantitative estimate of drug-likeness (QED) is 0.797. The van der Waals surface area contributed by atoms with Gasteiger partial charge in [0.05, 0.1) is 0 Å². The van der Waals surface area contributed by atoms with E-state index in [1.54, 1.807) is 6.07 Å². The molecule has 1 aliphatic heterocycles. The highest BCUT2D eigenvalue weighted by molar-refractivity contribution is 5.80. The van der Waals surface area contributed by atoms with E-state index in [0.717, 1.165) is 49.3 Å². The van der Waals surface area contributed by atoms with Crippen molar-refractivity contribution in [2.24, 2.45) is 0 Å². The zero-order chi connectivity index (χ0) is 19.4. The molecule has 0 atom stereocenters. The highest BCUT2D eigenvalue weighted by atomic mass is 19.4. The summed E-state index contributed by atoms with van der Waals surface area (Å²) in [6, 6.07) is 5.19. The van der Waals surface area contributed by atoms with Crippen molar-refractivity contribution >= 4 is 11.6 Å². The molecule has 1 aliphatic rings. The lowest BCUT2D eigenvalue weighted by atomic mass is 10.1. The van der Waals surface area contributed by atoms with Crippen LogP contribution in [0.1, 0.15) is 30.5 Å². The lowest BCUT2D eigenvalue weighted by Crippen LogP contribution is -2.34. The van der Waals surface area contributed by atoms with Crippen LogP contribution in [-0.4, -0.2) is 33.6 Å². The molecule has 1 fully saturated rings. The summed E-state index contributed by atoms with van der Waals surface area (Å²) in [6.45, 7) is 1.40. The number of hydrogen-bond donors (Lipinski definition) is 0. The van der Waals surface area contributed by atoms with E-state index >= 15 is 0 Å². The van der Waals surface area contributed by atoms with E-state index in [1.807, 2.05) is 0 Å². The number of pyridine rings is 1. The van der Waals surface area contributed by atoms with Gasteiger partial charge >= 0.3 is 6.18 Å². The minimum atomic E-state index is -4.57. The Morgan fingerprint density at radius 2 is 1.85 bits per heavy atom. The monoisotopic (exact) mass is 380 g/mol. The van der Waals surface area contributed by atoms with Crippen molar-refractivity contribution in [3.05, 3.63) is 52.1 Å². The molecule has 3 heterocycles. The molecule has 0 radical (unpaired) electrons. The van der Waals surface area contributed by atoms with Gasteiger partial charge < -0.3 is 4.90 Å². The molecule has 0 spiro atoms. The van der Waals surface area contributed by atoms with E-state index in [9.17, 15) is 22.8 Å². The second-order valence-corrected chi connectivity index (χ2v) is 6.50. The highest BCUT2D eigenvalue weighted by Gasteiger charge is 2.32. The average molecular weight is 380 g/mol. The van der Waals surface area contributed by atoms with Gasteiger partial charge in [-0.3, -0.25) is 14.6 Å². The Kier molecular flexibility index (Phi) is 5.57. The lowest BCUT2D eigenvalue weighted by Gasteiger charge is -2.27. The summed E-state index contributed by atoms with van der Waals surface area (Å²) in [5, 5.41) is 4.25. The maximum absolute atomic E-state index is 12.7. The minimum Gasteiger partial charge on any atom is -0.355 e. The van der Waals surface area contributed by atoms with Crippen molar-refractivity contribution in [1.29, 1.82) is 0 Å². The number of ketones is 1. The Balaban J connectivity index is 1.71. The summed E-state index contributed by atoms with van der Waals surface area (Å²) < 4.78 is 39.2. The number of rotatable bonds is 5. The molecule has 144 valence electrons. The first kappa shape index (κ1) is 19.1. The zero-order valence-corrected chi connectivity index (χ0v) is 14.6. The maximum Gasteiger partial charge on any atom is 0.433 e. The smallest absolute Gasteiger partial charge is 0.355 e. The van der Waals surface area contributed by atoms with Crippen LogP contribution in [0.2, 0.25) is 0 Å². The Labute approximate surface area is 153 Å². The molecule has 2 aromatic heterocycles. The molecule has 0 aliphatic carbocycles. The van der Waals surface area contributed by atoms with E-state index in [1.165, 1.54) is 12.1 Å². The Morgan fingerprint density at radius 3 is 2.56 bits per heavy atom. The van der Waals surface area contributed by atoms with Gasteiger partial charge in [-0.1, -0.05) is 0 Å². The van der Waals surface area contributed by atoms with Crippen molar-refractivity contribution in [3.8, 4) is 0 Å². The first-order valence-electron chi connectivity index (χ1n) is 8.70. The number of aromatic nitrogens is 3. The molecule has 2 aromatic rings. The Hall–Kier alpha value is -2.71. The summed E-state index contributed by atoms with van der Waals surface area (Å²) in [6.07, 6.45) is -0.534. The predicted octanol–water partition coefficient (Wildman–Crippen LogP) is 2.46. The number of alkyl halides is 3. The van der Waals surface area contributed by atoms with Gasteiger partial charge in [-0.05, 0) is 43.0 Å². The summed E-state index contributed by atoms with van der Waals surface area (Å²) in [7, 11) is 0. The molecular formula is C18H19F3N4O2. The van der Waals surface area contributed by atoms with E-state index in [0.29, 0.717) is 5.82 Å². The number of carbonyl (C=O) groups excluding carboxylic acids is 1. The van der Waals surface area contributed by atoms with E-state index < -0.39 is 23.2 Å². The zero-order valence-electron chi connectivity index (χ0n) is 14.6. The fourth-order valence-corrected chi connectivity index (χ4v) is 3.03. The van der Waals surface area contributed by atoms with Gasteiger partial charge in [0.2, 0.25) is 0 Å². The molecule has 3 rings (SSSR count). The van der Waals surface area contributed by atoms with Crippen LogP contribution in [0.25, 0.3) is 0 Å². The van der Waals surface area contributed by atoms with Crippen LogP contribution < -0.4 is 10.5 Å². The summed E-state index contributed by atoms with van der Waals surface area (Å²) in [4.78, 5) is 29.6. The van der Waals surface area contributed by atoms with Crippen LogP contribution >= 0.6 is 0 Å². The molecular weight excluding hydrogens is 361 g/mol. The van der Waals surface area contributed by atoms with Crippen LogP contribution in [-0.2, 0) is 23.9 Å². The van der Waals surface area contributed by atoms with Gasteiger partial charge in [-0.2, -0.15) is 18.3 Å². The van der Waals surface area contributed by atoms with Crippen LogP contribution in [0.4, 0.5) is 19.0 Å². The fourth-order valence-electron chi connectivity index (χ4n) is 3.03. The number of carbonyl (C=O) groups is 1. The van der Waals surface area contributed by atoms with E-state index in [2.05, 4.69) is 15.0 Å². The highest BCUT2D eigenvalue weighted by Crippen LogP contribution is 2.27. The molecule has 27 heavy (non-hydrogen) atoms. The first-order valence-corrected chi connectivity index (χ1v) is 8.70. The number of halogens is 3. The molecule has 0 unspecified atom stereocenters. The third-order valence-electron chi connectivity index (χ3n) is 4.37. The van der Waals surface area contributed by atoms with Gasteiger partial charge in [0.25, 0.3) is 5.56 Å². The number of anilines is 1. The van der Waals surface area contributed by atoms with Crippen LogP contribution in [0.3, 0.4) is 0 Å². The Morgan fingerprint density at radius 1 is 1.11 bits per heavy atom. The number of Topliss-reactive ketones (excluding diaryl/α,β-unsaturated/α-hetero) is 1. The number of piperidine rings is 1. The predicted molar refractivity (Wildman–Crippen MR) is 92.5 cm³/mol. The van der Waals surface area contributed by atoms with Gasteiger partial charge in [0.1, 0.15) is 18.1 Å². The number of hydrogen-bond acceptors (Lipinski definition) is 5. The Bertz CT molecular complexity index is 873. The SMILES string of the molecule is O=C(Cc1ccnc(C(F)(F)F)c1)Cn1nc(N2CCCCC2)ccc1=O. The fraction of sp³-hybridized carbons (Fsp3) is 0.444. The summed E-state index contributed by atoms with van der Waals surface area (Å²) >= 11 is 0. The molecule has 0 N–H and O–H groups in total. The first-order chi connectivity index (χ1) is 12.8. The maximum atomic E-state index is 12.7. The van der Waals surface area contributed by atoms with Gasteiger partial charge in [0.15, 0.2) is 5.78 Å². The van der Waals surface area contributed by atoms with Gasteiger partial charge in [0, 0.05) is 31.8 Å². The third-order valence-corrected chi connectivity index (χ3v) is 4.37. The van der Waals surface area contributed by atoms with Crippen molar-refractivity contribution in [1.82, 2.24) is 14.8 Å². The standard InChI is InChI=1S/C18H19F3N4O2/c19-18(20,21)15-11-13(6-7-22-15)10-14(26)12-25-17(27)5-4-16(23-25)24-8-2-1-3-9-24/h4-7,11H,1-3,8-10,12H2. The second kappa shape index (κ2) is 7.89. The third kappa shape index (κ3) is 4.93. The largest absolute Gasteiger partial charge is 0.433 e. The summed E-state index contributed by atoms with van der Waals surface area (Å²) in [5.41, 5.74) is -1.27. The van der Waals surface area contributed by atoms with Crippen molar-refractivity contribution in [2.75, 3.05) is 18.0 Å². The van der Waals surface area contributed by atoms with Gasteiger partial charge in [-0.15, -0.1) is 0 Å². The van der Waals surface area contributed by atoms with Crippen molar-refractivity contribution in [2.45, 2.75) is 38.4 Å². The minimum absolute atomic E-state index is 0.197. The van der Waals surface area contributed by atoms with Crippen molar-refractivity contribution < 1.29 is 18.0 Å². The van der Waals surface area contributed by atoms with E-state index in [-0.39, 0.29) is 18.5 Å². The molecule has 0 amide bonds. The lowest BCUT2D eigenvalue weighted by molar-refractivity contribution is -0.141. The molecule has 1 saturated heterocycles. The van der Waals surface area contributed by atoms with Crippen LogP contribution in [0.15, 0.2) is 35.3 Å². The molecule has 9 heteroatoms. The topological polar surface area (TPSA) is 68.1 Å². The summed E-state index contributed by atoms with van der Waals surface area (Å²) in [5.74, 6) is 0.227. The van der Waals surface area contributed by atoms with E-state index in [4.69, 9.17) is 0 Å². The second-order valence-electron chi connectivity index (χ2n) is 6.50. The normalized spacial score (nSPS) is 15.0. The van der Waals surface area contributed by atoms with Crippen molar-refractivity contribution in [3.63, 3.8) is 0 Å². The van der Waals surface area contributed by atoms with Crippen LogP contribution in [0, 0.1) is 0 Å².